The van der Waals surface area contributed by atoms with Gasteiger partial charge in [0.05, 0.1) is 10.6 Å². The Balaban J connectivity index is 2.56. The first-order valence-electron chi connectivity index (χ1n) is 6.90. The summed E-state index contributed by atoms with van der Waals surface area (Å²) in [6.07, 6.45) is 1.28. The number of aromatic nitrogens is 1. The van der Waals surface area contributed by atoms with Gasteiger partial charge in [0, 0.05) is 13.2 Å². The second kappa shape index (κ2) is 6.00. The van der Waals surface area contributed by atoms with E-state index in [1.807, 2.05) is 19.1 Å². The Morgan fingerprint density at radius 1 is 1.13 bits per heavy atom. The molecule has 2 aromatic rings. The van der Waals surface area contributed by atoms with Gasteiger partial charge in [-0.25, -0.2) is 18.2 Å². The van der Waals surface area contributed by atoms with Gasteiger partial charge in [-0.05, 0) is 44.0 Å². The van der Waals surface area contributed by atoms with Gasteiger partial charge in [0.15, 0.2) is 0 Å². The molecule has 0 radical (unpaired) electrons. The molecule has 122 valence electrons. The van der Waals surface area contributed by atoms with Crippen molar-refractivity contribution in [3.8, 4) is 0 Å². The Morgan fingerprint density at radius 2 is 1.70 bits per heavy atom. The van der Waals surface area contributed by atoms with Crippen molar-refractivity contribution in [2.75, 3.05) is 11.4 Å². The van der Waals surface area contributed by atoms with E-state index in [9.17, 15) is 13.2 Å². The third kappa shape index (κ3) is 3.19. The predicted molar refractivity (Wildman–Crippen MR) is 87.4 cm³/mol. The van der Waals surface area contributed by atoms with Crippen LogP contribution in [-0.2, 0) is 10.0 Å². The predicted octanol–water partition coefficient (Wildman–Crippen LogP) is 2.53. The molecular weight excluding hydrogens is 316 g/mol. The Kier molecular flexibility index (Phi) is 4.42. The van der Waals surface area contributed by atoms with Gasteiger partial charge in [0.2, 0.25) is 0 Å². The standard InChI is InChI=1S/C16H18N2O4S/c1-10-7-11(2)15(12(3)8-10)23(21,22)18(4)13-5-6-17-14(9-13)16(19)20/h5-9H,1-4H3,(H,19,20). The molecule has 0 saturated carbocycles. The van der Waals surface area contributed by atoms with Crippen molar-refractivity contribution in [3.05, 3.63) is 52.8 Å². The molecule has 0 amide bonds. The lowest BCUT2D eigenvalue weighted by Gasteiger charge is -2.22. The molecular formula is C16H18N2O4S. The number of nitrogens with zero attached hydrogens (tertiary/aromatic N) is 2. The number of rotatable bonds is 4. The minimum absolute atomic E-state index is 0.207. The van der Waals surface area contributed by atoms with Gasteiger partial charge in [-0.1, -0.05) is 17.7 Å². The zero-order chi connectivity index (χ0) is 17.4. The fraction of sp³-hybridized carbons (Fsp3) is 0.250. The van der Waals surface area contributed by atoms with E-state index in [0.29, 0.717) is 11.1 Å². The molecule has 1 aromatic carbocycles. The van der Waals surface area contributed by atoms with Gasteiger partial charge in [0.25, 0.3) is 10.0 Å². The number of hydrogen-bond donors (Lipinski definition) is 1. The molecule has 0 atom stereocenters. The number of carboxylic acid groups (broad SMARTS) is 1. The Bertz CT molecular complexity index is 852. The van der Waals surface area contributed by atoms with Crippen LogP contribution in [0, 0.1) is 20.8 Å². The summed E-state index contributed by atoms with van der Waals surface area (Å²) in [5.74, 6) is -1.21. The maximum Gasteiger partial charge on any atom is 0.354 e. The number of carboxylic acids is 1. The molecule has 1 heterocycles. The van der Waals surface area contributed by atoms with Crippen LogP contribution in [0.2, 0.25) is 0 Å². The molecule has 7 heteroatoms. The van der Waals surface area contributed by atoms with E-state index in [-0.39, 0.29) is 16.3 Å². The second-order valence-corrected chi connectivity index (χ2v) is 7.31. The number of hydrogen-bond acceptors (Lipinski definition) is 4. The number of pyridine rings is 1. The van der Waals surface area contributed by atoms with Crippen LogP contribution in [0.1, 0.15) is 27.2 Å². The average molecular weight is 334 g/mol. The topological polar surface area (TPSA) is 87.6 Å². The summed E-state index contributed by atoms with van der Waals surface area (Å²) in [5, 5.41) is 9.00. The van der Waals surface area contributed by atoms with E-state index in [1.54, 1.807) is 13.8 Å². The molecule has 2 rings (SSSR count). The van der Waals surface area contributed by atoms with E-state index in [1.165, 1.54) is 25.4 Å². The van der Waals surface area contributed by atoms with Crippen LogP contribution in [-0.4, -0.2) is 31.5 Å². The molecule has 0 aliphatic heterocycles. The molecule has 0 bridgehead atoms. The SMILES string of the molecule is Cc1cc(C)c(S(=O)(=O)N(C)c2ccnc(C(=O)O)c2)c(C)c1. The van der Waals surface area contributed by atoms with Crippen LogP contribution in [0.25, 0.3) is 0 Å². The van der Waals surface area contributed by atoms with E-state index < -0.39 is 16.0 Å². The van der Waals surface area contributed by atoms with Crippen LogP contribution in [0.4, 0.5) is 5.69 Å². The zero-order valence-electron chi connectivity index (χ0n) is 13.4. The average Bonchev–Trinajstić information content (AvgIpc) is 2.45. The van der Waals surface area contributed by atoms with E-state index in [2.05, 4.69) is 4.98 Å². The van der Waals surface area contributed by atoms with Crippen molar-refractivity contribution in [1.82, 2.24) is 4.98 Å². The van der Waals surface area contributed by atoms with Crippen molar-refractivity contribution in [3.63, 3.8) is 0 Å². The highest BCUT2D eigenvalue weighted by Gasteiger charge is 2.26. The lowest BCUT2D eigenvalue weighted by molar-refractivity contribution is 0.0690. The first-order chi connectivity index (χ1) is 10.6. The molecule has 1 aromatic heterocycles. The molecule has 6 nitrogen and oxygen atoms in total. The van der Waals surface area contributed by atoms with Crippen LogP contribution in [0.5, 0.6) is 0 Å². The van der Waals surface area contributed by atoms with Crippen LogP contribution < -0.4 is 4.31 Å². The first kappa shape index (κ1) is 17.0. The summed E-state index contributed by atoms with van der Waals surface area (Å²) >= 11 is 0. The second-order valence-electron chi connectivity index (χ2n) is 5.40. The number of sulfonamides is 1. The summed E-state index contributed by atoms with van der Waals surface area (Å²) < 4.78 is 26.9. The fourth-order valence-electron chi connectivity index (χ4n) is 2.58. The molecule has 1 N–H and O–H groups in total. The van der Waals surface area contributed by atoms with E-state index in [4.69, 9.17) is 5.11 Å². The number of aryl methyl sites for hydroxylation is 3. The van der Waals surface area contributed by atoms with Crippen LogP contribution in [0.15, 0.2) is 35.4 Å². The molecule has 0 saturated heterocycles. The Labute approximate surface area is 135 Å². The van der Waals surface area contributed by atoms with Gasteiger partial charge in [-0.2, -0.15) is 0 Å². The third-order valence-electron chi connectivity index (χ3n) is 3.55. The van der Waals surface area contributed by atoms with Crippen molar-refractivity contribution in [1.29, 1.82) is 0 Å². The van der Waals surface area contributed by atoms with E-state index >= 15 is 0 Å². The summed E-state index contributed by atoms with van der Waals surface area (Å²) in [6.45, 7) is 5.40. The summed E-state index contributed by atoms with van der Waals surface area (Å²) in [7, 11) is -2.40. The first-order valence-corrected chi connectivity index (χ1v) is 8.34. The number of carbonyl (C=O) groups is 1. The molecule has 0 unspecified atom stereocenters. The monoisotopic (exact) mass is 334 g/mol. The molecule has 0 aliphatic carbocycles. The highest BCUT2D eigenvalue weighted by Crippen LogP contribution is 2.28. The van der Waals surface area contributed by atoms with Crippen LogP contribution >= 0.6 is 0 Å². The largest absolute Gasteiger partial charge is 0.477 e. The van der Waals surface area contributed by atoms with Crippen molar-refractivity contribution in [2.24, 2.45) is 0 Å². The number of benzene rings is 1. The van der Waals surface area contributed by atoms with Gasteiger partial charge in [0.1, 0.15) is 5.69 Å². The van der Waals surface area contributed by atoms with Crippen molar-refractivity contribution in [2.45, 2.75) is 25.7 Å². The van der Waals surface area contributed by atoms with Gasteiger partial charge >= 0.3 is 5.97 Å². The summed E-state index contributed by atoms with van der Waals surface area (Å²) in [6, 6.07) is 6.31. The molecule has 0 spiro atoms. The maximum atomic E-state index is 12.9. The maximum absolute atomic E-state index is 12.9. The smallest absolute Gasteiger partial charge is 0.354 e. The number of anilines is 1. The van der Waals surface area contributed by atoms with Crippen molar-refractivity contribution < 1.29 is 18.3 Å². The van der Waals surface area contributed by atoms with Gasteiger partial charge in [-0.3, -0.25) is 4.31 Å². The third-order valence-corrected chi connectivity index (χ3v) is 5.64. The van der Waals surface area contributed by atoms with Gasteiger partial charge < -0.3 is 5.11 Å². The summed E-state index contributed by atoms with van der Waals surface area (Å²) in [4.78, 5) is 14.9. The normalized spacial score (nSPS) is 11.3. The highest BCUT2D eigenvalue weighted by atomic mass is 32.2. The van der Waals surface area contributed by atoms with Crippen LogP contribution in [0.3, 0.4) is 0 Å². The van der Waals surface area contributed by atoms with Gasteiger partial charge in [-0.15, -0.1) is 0 Å². The zero-order valence-corrected chi connectivity index (χ0v) is 14.2. The number of aromatic carboxylic acids is 1. The fourth-order valence-corrected chi connectivity index (χ4v) is 4.18. The van der Waals surface area contributed by atoms with Crippen molar-refractivity contribution >= 4 is 21.7 Å². The minimum Gasteiger partial charge on any atom is -0.477 e. The minimum atomic E-state index is -3.80. The lowest BCUT2D eigenvalue weighted by atomic mass is 10.1. The summed E-state index contributed by atoms with van der Waals surface area (Å²) in [5.41, 5.74) is 2.33. The van der Waals surface area contributed by atoms with E-state index in [0.717, 1.165) is 9.87 Å². The molecule has 0 aliphatic rings. The lowest BCUT2D eigenvalue weighted by Crippen LogP contribution is -2.28. The molecule has 0 fully saturated rings. The quantitative estimate of drug-likeness (QED) is 0.928. The highest BCUT2D eigenvalue weighted by molar-refractivity contribution is 7.92. The Morgan fingerprint density at radius 3 is 2.22 bits per heavy atom. The Hall–Kier alpha value is -2.41. The molecule has 23 heavy (non-hydrogen) atoms.